The maximum Gasteiger partial charge on any atom is 0.130 e. The molecule has 0 aliphatic carbocycles. The van der Waals surface area contributed by atoms with Crippen LogP contribution in [-0.4, -0.2) is 10.7 Å². The van der Waals surface area contributed by atoms with Crippen molar-refractivity contribution in [3.05, 3.63) is 0 Å². The molecular formula is C26H56ClNO. The van der Waals surface area contributed by atoms with Crippen LogP contribution in [0, 0.1) is 5.92 Å². The van der Waals surface area contributed by atoms with Gasteiger partial charge in [0.25, 0.3) is 0 Å². The van der Waals surface area contributed by atoms with Gasteiger partial charge in [-0.2, -0.15) is 0 Å². The topological polar surface area (TPSA) is 55.2 Å². The van der Waals surface area contributed by atoms with Crippen LogP contribution in [0.5, 0.6) is 0 Å². The molecule has 1 atom stereocenters. The lowest BCUT2D eigenvalue weighted by Crippen LogP contribution is -2.14. The zero-order valence-electron chi connectivity index (χ0n) is 20.2. The van der Waals surface area contributed by atoms with E-state index >= 15 is 0 Å². The smallest absolute Gasteiger partial charge is 0.130 e. The molecule has 29 heavy (non-hydrogen) atoms. The Kier molecular flexibility index (Phi) is 28.4. The molecular weight excluding hydrogens is 378 g/mol. The van der Waals surface area contributed by atoms with Crippen LogP contribution < -0.4 is 6.15 Å². The van der Waals surface area contributed by atoms with E-state index in [1.54, 1.807) is 0 Å². The second-order valence-corrected chi connectivity index (χ2v) is 9.52. The van der Waals surface area contributed by atoms with Crippen molar-refractivity contribution in [1.29, 1.82) is 0 Å². The van der Waals surface area contributed by atoms with Crippen molar-refractivity contribution in [2.75, 3.05) is 0 Å². The van der Waals surface area contributed by atoms with Gasteiger partial charge in [-0.05, 0) is 18.8 Å². The molecule has 2 nitrogen and oxygen atoms in total. The first-order valence-electron chi connectivity index (χ1n) is 13.0. The lowest BCUT2D eigenvalue weighted by atomic mass is 9.94. The predicted molar refractivity (Wildman–Crippen MR) is 133 cm³/mol. The molecule has 0 aromatic carbocycles. The minimum Gasteiger partial charge on any atom is -0.377 e. The Hall–Kier alpha value is 0.210. The Morgan fingerprint density at radius 1 is 0.483 bits per heavy atom. The Labute approximate surface area is 189 Å². The molecule has 0 aromatic heterocycles. The summed E-state index contributed by atoms with van der Waals surface area (Å²) in [5, 5.41) is 9.86. The molecule has 0 aromatic rings. The van der Waals surface area contributed by atoms with E-state index in [1.165, 1.54) is 128 Å². The molecule has 3 heteroatoms. The van der Waals surface area contributed by atoms with Crippen LogP contribution in [0.1, 0.15) is 155 Å². The maximum absolute atomic E-state index is 9.86. The first-order valence-corrected chi connectivity index (χ1v) is 13.5. The second kappa shape index (κ2) is 26.2. The van der Waals surface area contributed by atoms with Crippen molar-refractivity contribution < 1.29 is 5.11 Å². The van der Waals surface area contributed by atoms with Crippen LogP contribution in [0.3, 0.4) is 0 Å². The molecule has 0 heterocycles. The number of unbranched alkanes of at least 4 members (excludes halogenated alkanes) is 18. The minimum absolute atomic E-state index is 0. The van der Waals surface area contributed by atoms with Crippen LogP contribution in [0.15, 0.2) is 0 Å². The Morgan fingerprint density at radius 3 is 0.966 bits per heavy atom. The van der Waals surface area contributed by atoms with Gasteiger partial charge in [-0.1, -0.05) is 154 Å². The summed E-state index contributed by atoms with van der Waals surface area (Å²) in [7, 11) is 0. The van der Waals surface area contributed by atoms with Crippen LogP contribution in [0.4, 0.5) is 0 Å². The summed E-state index contributed by atoms with van der Waals surface area (Å²) in [5.41, 5.74) is -0.642. The van der Waals surface area contributed by atoms with Crippen LogP contribution in [-0.2, 0) is 0 Å². The van der Waals surface area contributed by atoms with Crippen molar-refractivity contribution in [2.45, 2.75) is 161 Å². The molecule has 0 amide bonds. The van der Waals surface area contributed by atoms with E-state index in [9.17, 15) is 5.11 Å². The highest BCUT2D eigenvalue weighted by Gasteiger charge is 2.15. The number of hydrogen-bond acceptors (Lipinski definition) is 2. The lowest BCUT2D eigenvalue weighted by Gasteiger charge is -2.18. The largest absolute Gasteiger partial charge is 0.377 e. The highest BCUT2D eigenvalue weighted by Crippen LogP contribution is 2.24. The predicted octanol–water partition coefficient (Wildman–Crippen LogP) is 9.94. The fourth-order valence-electron chi connectivity index (χ4n) is 4.21. The van der Waals surface area contributed by atoms with Gasteiger partial charge in [0.2, 0.25) is 0 Å². The number of hydrogen-bond donors (Lipinski definition) is 2. The van der Waals surface area contributed by atoms with Gasteiger partial charge in [-0.25, -0.2) is 0 Å². The molecule has 0 saturated heterocycles. The van der Waals surface area contributed by atoms with Gasteiger partial charge < -0.3 is 11.3 Å². The van der Waals surface area contributed by atoms with Gasteiger partial charge in [0, 0.05) is 0 Å². The standard InChI is InChI=1S/C26H53ClO.H3N/c1-3-5-7-9-11-13-15-17-19-21-23-25(26(27)28)24-22-20-18-16-14-12-10-8-6-4-2;/h25-26,28H,3-24H2,1-2H3;1H3. The average molecular weight is 434 g/mol. The lowest BCUT2D eigenvalue weighted by molar-refractivity contribution is 0.165. The molecule has 0 radical (unpaired) electrons. The van der Waals surface area contributed by atoms with Crippen molar-refractivity contribution in [3.63, 3.8) is 0 Å². The molecule has 0 aliphatic rings. The molecule has 178 valence electrons. The summed E-state index contributed by atoms with van der Waals surface area (Å²) in [6.07, 6.45) is 29.6. The fourth-order valence-corrected chi connectivity index (χ4v) is 4.46. The van der Waals surface area contributed by atoms with Gasteiger partial charge in [0.15, 0.2) is 0 Å². The van der Waals surface area contributed by atoms with Crippen LogP contribution >= 0.6 is 11.6 Å². The molecule has 0 rings (SSSR count). The number of rotatable bonds is 23. The summed E-state index contributed by atoms with van der Waals surface area (Å²) in [6.45, 7) is 4.56. The van der Waals surface area contributed by atoms with Crippen LogP contribution in [0.25, 0.3) is 0 Å². The van der Waals surface area contributed by atoms with Gasteiger partial charge in [0.1, 0.15) is 5.56 Å². The van der Waals surface area contributed by atoms with Crippen molar-refractivity contribution >= 4 is 11.6 Å². The molecule has 4 N–H and O–H groups in total. The quantitative estimate of drug-likeness (QED) is 0.124. The number of halogens is 1. The number of aliphatic hydroxyl groups excluding tert-OH is 1. The molecule has 1 unspecified atom stereocenters. The molecule has 0 aliphatic heterocycles. The van der Waals surface area contributed by atoms with Crippen molar-refractivity contribution in [1.82, 2.24) is 6.15 Å². The third-order valence-corrected chi connectivity index (χ3v) is 6.60. The first kappa shape index (κ1) is 31.4. The van der Waals surface area contributed by atoms with Gasteiger partial charge in [-0.15, -0.1) is 0 Å². The Bertz CT molecular complexity index is 262. The highest BCUT2D eigenvalue weighted by atomic mass is 35.5. The monoisotopic (exact) mass is 433 g/mol. The summed E-state index contributed by atoms with van der Waals surface area (Å²) >= 11 is 6.05. The van der Waals surface area contributed by atoms with E-state index in [1.807, 2.05) is 0 Å². The van der Waals surface area contributed by atoms with Crippen LogP contribution in [0.2, 0.25) is 0 Å². The van der Waals surface area contributed by atoms with E-state index in [0.717, 1.165) is 12.8 Å². The molecule has 0 fully saturated rings. The average Bonchev–Trinajstić information content (AvgIpc) is 2.68. The molecule has 0 spiro atoms. The summed E-state index contributed by atoms with van der Waals surface area (Å²) in [5.74, 6) is 0.310. The molecule has 0 bridgehead atoms. The van der Waals surface area contributed by atoms with Gasteiger partial charge >= 0.3 is 0 Å². The summed E-state index contributed by atoms with van der Waals surface area (Å²) in [6, 6.07) is 0. The first-order chi connectivity index (χ1) is 13.7. The second-order valence-electron chi connectivity index (χ2n) is 9.07. The van der Waals surface area contributed by atoms with E-state index < -0.39 is 5.56 Å². The SMILES string of the molecule is CCCCCCCCCCCCC(CCCCCCCCCCCC)C(O)Cl.N. The van der Waals surface area contributed by atoms with E-state index in [0.29, 0.717) is 5.92 Å². The normalized spacial score (nSPS) is 12.3. The summed E-state index contributed by atoms with van der Waals surface area (Å²) < 4.78 is 0. The maximum atomic E-state index is 9.86. The highest BCUT2D eigenvalue weighted by molar-refractivity contribution is 6.19. The third kappa shape index (κ3) is 24.4. The number of alkyl halides is 1. The minimum atomic E-state index is -0.642. The Balaban J connectivity index is 0. The zero-order valence-corrected chi connectivity index (χ0v) is 21.0. The third-order valence-electron chi connectivity index (χ3n) is 6.25. The Morgan fingerprint density at radius 2 is 0.724 bits per heavy atom. The number of aliphatic hydroxyl groups is 1. The van der Waals surface area contributed by atoms with E-state index in [4.69, 9.17) is 11.6 Å². The van der Waals surface area contributed by atoms with Crippen molar-refractivity contribution in [3.8, 4) is 0 Å². The summed E-state index contributed by atoms with van der Waals surface area (Å²) in [4.78, 5) is 0. The van der Waals surface area contributed by atoms with Crippen molar-refractivity contribution in [2.24, 2.45) is 5.92 Å². The fraction of sp³-hybridized carbons (Fsp3) is 1.00. The van der Waals surface area contributed by atoms with E-state index in [2.05, 4.69) is 13.8 Å². The van der Waals surface area contributed by atoms with Gasteiger partial charge in [-0.3, -0.25) is 0 Å². The zero-order chi connectivity index (χ0) is 20.7. The van der Waals surface area contributed by atoms with E-state index in [-0.39, 0.29) is 6.15 Å². The molecule has 0 saturated carbocycles. The van der Waals surface area contributed by atoms with Gasteiger partial charge in [0.05, 0.1) is 0 Å².